The normalized spacial score (nSPS) is 10.8. The molecule has 0 unspecified atom stereocenters. The van der Waals surface area contributed by atoms with Gasteiger partial charge in [-0.2, -0.15) is 0 Å². The van der Waals surface area contributed by atoms with Crippen molar-refractivity contribution in [2.75, 3.05) is 0 Å². The summed E-state index contributed by atoms with van der Waals surface area (Å²) in [5.41, 5.74) is 0.00277. The minimum Gasteiger partial charge on any atom is -0.481 e. The number of hydrogen-bond donors (Lipinski definition) is 3. The summed E-state index contributed by atoms with van der Waals surface area (Å²) in [6.07, 6.45) is 1.02. The average molecular weight is 263 g/mol. The Labute approximate surface area is 109 Å². The van der Waals surface area contributed by atoms with Crippen LogP contribution in [0.15, 0.2) is 42.1 Å². The summed E-state index contributed by atoms with van der Waals surface area (Å²) in [5, 5.41) is 19.6. The third-order valence-electron chi connectivity index (χ3n) is 2.22. The maximum Gasteiger partial charge on any atom is 0.352 e. The van der Waals surface area contributed by atoms with Crippen molar-refractivity contribution in [3.63, 3.8) is 0 Å². The number of carbonyl (C=O) groups is 3. The molecule has 1 aromatic carbocycles. The van der Waals surface area contributed by atoms with E-state index in [1.54, 1.807) is 30.3 Å². The van der Waals surface area contributed by atoms with Crippen molar-refractivity contribution in [1.82, 2.24) is 5.32 Å². The predicted octanol–water partition coefficient (Wildman–Crippen LogP) is 1.25. The lowest BCUT2D eigenvalue weighted by Gasteiger charge is -2.05. The number of allylic oxidation sites excluding steroid dienone is 1. The van der Waals surface area contributed by atoms with Gasteiger partial charge in [-0.15, -0.1) is 0 Å². The standard InChI is InChI=1S/C13H13NO5/c15-11(16)8-4-7-10(13(18)19)14-12(17)9-5-2-1-3-6-9/h1-3,5-7H,4,8H2,(H,14,17)(H,15,16)(H,18,19)/b10-7-. The first-order valence-corrected chi connectivity index (χ1v) is 5.52. The van der Waals surface area contributed by atoms with Crippen molar-refractivity contribution < 1.29 is 24.6 Å². The fourth-order valence-electron chi connectivity index (χ4n) is 1.32. The first kappa shape index (κ1) is 14.4. The van der Waals surface area contributed by atoms with Crippen LogP contribution in [-0.2, 0) is 9.59 Å². The molecule has 1 amide bonds. The van der Waals surface area contributed by atoms with Crippen molar-refractivity contribution in [3.05, 3.63) is 47.7 Å². The predicted molar refractivity (Wildman–Crippen MR) is 66.5 cm³/mol. The van der Waals surface area contributed by atoms with Crippen LogP contribution < -0.4 is 5.32 Å². The number of rotatable bonds is 6. The number of aliphatic carboxylic acids is 2. The number of carboxylic acid groups (broad SMARTS) is 2. The lowest BCUT2D eigenvalue weighted by atomic mass is 10.2. The minimum atomic E-state index is -1.31. The molecule has 0 atom stereocenters. The zero-order chi connectivity index (χ0) is 14.3. The van der Waals surface area contributed by atoms with Crippen LogP contribution in [0.5, 0.6) is 0 Å². The van der Waals surface area contributed by atoms with Crippen LogP contribution in [-0.4, -0.2) is 28.1 Å². The summed E-state index contributed by atoms with van der Waals surface area (Å²) in [6, 6.07) is 8.14. The smallest absolute Gasteiger partial charge is 0.352 e. The van der Waals surface area contributed by atoms with Gasteiger partial charge < -0.3 is 15.5 Å². The molecule has 100 valence electrons. The minimum absolute atomic E-state index is 0.0338. The van der Waals surface area contributed by atoms with E-state index in [1.807, 2.05) is 0 Å². The lowest BCUT2D eigenvalue weighted by Crippen LogP contribution is -2.27. The summed E-state index contributed by atoms with van der Waals surface area (Å²) >= 11 is 0. The molecular formula is C13H13NO5. The Hall–Kier alpha value is -2.63. The Bertz CT molecular complexity index is 507. The second-order valence-electron chi connectivity index (χ2n) is 3.68. The highest BCUT2D eigenvalue weighted by Gasteiger charge is 2.12. The number of carboxylic acids is 2. The molecule has 0 heterocycles. The molecule has 3 N–H and O–H groups in total. The molecule has 0 aliphatic rings. The van der Waals surface area contributed by atoms with E-state index >= 15 is 0 Å². The molecule has 1 aromatic rings. The molecule has 0 bridgehead atoms. The first-order valence-electron chi connectivity index (χ1n) is 5.52. The highest BCUT2D eigenvalue weighted by atomic mass is 16.4. The highest BCUT2D eigenvalue weighted by Crippen LogP contribution is 2.02. The van der Waals surface area contributed by atoms with E-state index in [0.717, 1.165) is 0 Å². The van der Waals surface area contributed by atoms with E-state index in [9.17, 15) is 14.4 Å². The van der Waals surface area contributed by atoms with Gasteiger partial charge in [-0.05, 0) is 18.6 Å². The van der Waals surface area contributed by atoms with Crippen LogP contribution in [0, 0.1) is 0 Å². The molecule has 1 rings (SSSR count). The van der Waals surface area contributed by atoms with Gasteiger partial charge in [0.1, 0.15) is 5.70 Å². The fraction of sp³-hybridized carbons (Fsp3) is 0.154. The number of nitrogens with one attached hydrogen (secondary N) is 1. The summed E-state index contributed by atoms with van der Waals surface area (Å²) < 4.78 is 0. The van der Waals surface area contributed by atoms with E-state index in [4.69, 9.17) is 10.2 Å². The third kappa shape index (κ3) is 5.03. The third-order valence-corrected chi connectivity index (χ3v) is 2.22. The van der Waals surface area contributed by atoms with Crippen molar-refractivity contribution in [2.45, 2.75) is 12.8 Å². The molecule has 6 heteroatoms. The summed E-state index contributed by atoms with van der Waals surface area (Å²) in [4.78, 5) is 33.0. The largest absolute Gasteiger partial charge is 0.481 e. The van der Waals surface area contributed by atoms with Gasteiger partial charge >= 0.3 is 11.9 Å². The average Bonchev–Trinajstić information content (AvgIpc) is 2.37. The Morgan fingerprint density at radius 3 is 2.26 bits per heavy atom. The van der Waals surface area contributed by atoms with Gasteiger partial charge in [0.25, 0.3) is 5.91 Å². The number of hydrogen-bond acceptors (Lipinski definition) is 3. The first-order chi connectivity index (χ1) is 9.00. The van der Waals surface area contributed by atoms with E-state index in [-0.39, 0.29) is 18.5 Å². The van der Waals surface area contributed by atoms with E-state index in [2.05, 4.69) is 5.32 Å². The van der Waals surface area contributed by atoms with Crippen LogP contribution in [0.4, 0.5) is 0 Å². The van der Waals surface area contributed by atoms with Gasteiger partial charge in [0.15, 0.2) is 0 Å². The van der Waals surface area contributed by atoms with Gasteiger partial charge in [-0.25, -0.2) is 4.79 Å². The van der Waals surface area contributed by atoms with Gasteiger partial charge in [-0.1, -0.05) is 24.3 Å². The van der Waals surface area contributed by atoms with Gasteiger partial charge in [0.05, 0.1) is 0 Å². The summed E-state index contributed by atoms with van der Waals surface area (Å²) in [6.45, 7) is 0. The molecule has 19 heavy (non-hydrogen) atoms. The number of amides is 1. The zero-order valence-corrected chi connectivity index (χ0v) is 10.00. The second-order valence-corrected chi connectivity index (χ2v) is 3.68. The summed E-state index contributed by atoms with van der Waals surface area (Å²) in [5.74, 6) is -2.89. The van der Waals surface area contributed by atoms with Gasteiger partial charge in [-0.3, -0.25) is 9.59 Å². The van der Waals surface area contributed by atoms with Crippen molar-refractivity contribution in [2.24, 2.45) is 0 Å². The summed E-state index contributed by atoms with van der Waals surface area (Å²) in [7, 11) is 0. The molecule has 0 fully saturated rings. The van der Waals surface area contributed by atoms with E-state index < -0.39 is 17.8 Å². The Morgan fingerprint density at radius 1 is 1.11 bits per heavy atom. The topological polar surface area (TPSA) is 104 Å². The molecule has 0 saturated heterocycles. The molecule has 0 saturated carbocycles. The number of carbonyl (C=O) groups excluding carboxylic acids is 1. The van der Waals surface area contributed by atoms with Crippen LogP contribution >= 0.6 is 0 Å². The molecule has 0 aromatic heterocycles. The maximum absolute atomic E-state index is 11.7. The molecule has 6 nitrogen and oxygen atoms in total. The Kier molecular flexibility index (Phi) is 5.28. The number of benzene rings is 1. The molecule has 0 aliphatic heterocycles. The lowest BCUT2D eigenvalue weighted by molar-refractivity contribution is -0.137. The van der Waals surface area contributed by atoms with Crippen molar-refractivity contribution >= 4 is 17.8 Å². The van der Waals surface area contributed by atoms with Crippen LogP contribution in [0.25, 0.3) is 0 Å². The van der Waals surface area contributed by atoms with Crippen molar-refractivity contribution in [3.8, 4) is 0 Å². The van der Waals surface area contributed by atoms with Gasteiger partial charge in [0, 0.05) is 12.0 Å². The molecule has 0 spiro atoms. The molecule has 0 aliphatic carbocycles. The van der Waals surface area contributed by atoms with Gasteiger partial charge in [0.2, 0.25) is 0 Å². The second kappa shape index (κ2) is 6.95. The maximum atomic E-state index is 11.7. The van der Waals surface area contributed by atoms with Crippen LogP contribution in [0.3, 0.4) is 0 Å². The fourth-order valence-corrected chi connectivity index (χ4v) is 1.32. The Balaban J connectivity index is 2.71. The zero-order valence-electron chi connectivity index (χ0n) is 10.00. The molecular weight excluding hydrogens is 250 g/mol. The van der Waals surface area contributed by atoms with Crippen molar-refractivity contribution in [1.29, 1.82) is 0 Å². The molecule has 0 radical (unpaired) electrons. The van der Waals surface area contributed by atoms with Crippen LogP contribution in [0.1, 0.15) is 23.2 Å². The van der Waals surface area contributed by atoms with E-state index in [0.29, 0.717) is 5.56 Å². The quantitative estimate of drug-likeness (QED) is 0.670. The Morgan fingerprint density at radius 2 is 1.74 bits per heavy atom. The monoisotopic (exact) mass is 263 g/mol. The SMILES string of the molecule is O=C(O)CC/C=C(\NC(=O)c1ccccc1)C(=O)O. The van der Waals surface area contributed by atoms with Crippen LogP contribution in [0.2, 0.25) is 0 Å². The van der Waals surface area contributed by atoms with E-state index in [1.165, 1.54) is 6.08 Å². The highest BCUT2D eigenvalue weighted by molar-refractivity contribution is 6.00.